The zero-order valence-corrected chi connectivity index (χ0v) is 10.8. The normalized spacial score (nSPS) is 12.7. The highest BCUT2D eigenvalue weighted by Crippen LogP contribution is 2.23. The molecule has 0 fully saturated rings. The number of fused-ring (bicyclic) bond motifs is 1. The fourth-order valence-electron chi connectivity index (χ4n) is 2.35. The molecule has 96 valence electrons. The number of hydrogen-bond donors (Lipinski definition) is 1. The summed E-state index contributed by atoms with van der Waals surface area (Å²) in [5.74, 6) is 0.994. The topological polar surface area (TPSA) is 56.7 Å². The van der Waals surface area contributed by atoms with Crippen LogP contribution in [0.5, 0.6) is 0 Å². The first kappa shape index (κ1) is 11.9. The van der Waals surface area contributed by atoms with Crippen LogP contribution in [0.3, 0.4) is 0 Å². The zero-order chi connectivity index (χ0) is 13.2. The number of imidazole rings is 1. The molecule has 0 bridgehead atoms. The monoisotopic (exact) mass is 252 g/mol. The van der Waals surface area contributed by atoms with Crippen LogP contribution < -0.4 is 5.73 Å². The van der Waals surface area contributed by atoms with Crippen molar-refractivity contribution in [2.75, 3.05) is 0 Å². The summed E-state index contributed by atoms with van der Waals surface area (Å²) in [5, 5.41) is 1.12. The van der Waals surface area contributed by atoms with Crippen molar-refractivity contribution < 1.29 is 0 Å². The molecule has 1 aromatic carbocycles. The van der Waals surface area contributed by atoms with E-state index < -0.39 is 0 Å². The quantitative estimate of drug-likeness (QED) is 0.777. The molecule has 0 spiro atoms. The maximum Gasteiger partial charge on any atom is 0.110 e. The molecule has 1 atom stereocenters. The van der Waals surface area contributed by atoms with Crippen LogP contribution in [-0.2, 0) is 13.5 Å². The number of aromatic nitrogens is 3. The molecule has 2 N–H and O–H groups in total. The Balaban J connectivity index is 1.98. The average Bonchev–Trinajstić information content (AvgIpc) is 2.83. The van der Waals surface area contributed by atoms with Gasteiger partial charge in [0.25, 0.3) is 0 Å². The number of hydrogen-bond acceptors (Lipinski definition) is 3. The standard InChI is InChI=1S/C15H16N4/c1-19-9-8-18-15(19)10-13(16)11-4-2-6-14-12(11)5-3-7-17-14/h2-9,13H,10,16H2,1H3. The van der Waals surface area contributed by atoms with Crippen LogP contribution in [0.4, 0.5) is 0 Å². The van der Waals surface area contributed by atoms with Gasteiger partial charge in [-0.25, -0.2) is 4.98 Å². The third-order valence-electron chi connectivity index (χ3n) is 3.40. The molecule has 19 heavy (non-hydrogen) atoms. The van der Waals surface area contributed by atoms with Crippen molar-refractivity contribution in [3.8, 4) is 0 Å². The van der Waals surface area contributed by atoms with E-state index in [1.165, 1.54) is 0 Å². The fraction of sp³-hybridized carbons (Fsp3) is 0.200. The summed E-state index contributed by atoms with van der Waals surface area (Å²) in [6, 6.07) is 10.0. The second-order valence-electron chi connectivity index (χ2n) is 4.68. The third-order valence-corrected chi connectivity index (χ3v) is 3.40. The Morgan fingerprint density at radius 1 is 1.16 bits per heavy atom. The molecule has 0 aliphatic carbocycles. The number of nitrogens with zero attached hydrogens (tertiary/aromatic N) is 3. The van der Waals surface area contributed by atoms with Crippen molar-refractivity contribution in [1.82, 2.24) is 14.5 Å². The molecule has 3 rings (SSSR count). The van der Waals surface area contributed by atoms with Crippen molar-refractivity contribution in [3.63, 3.8) is 0 Å². The number of benzene rings is 1. The van der Waals surface area contributed by atoms with Gasteiger partial charge in [-0.3, -0.25) is 4.98 Å². The minimum atomic E-state index is -0.0750. The SMILES string of the molecule is Cn1ccnc1CC(N)c1cccc2ncccc12. The van der Waals surface area contributed by atoms with Gasteiger partial charge in [-0.1, -0.05) is 18.2 Å². The summed E-state index contributed by atoms with van der Waals surface area (Å²) in [5.41, 5.74) is 8.44. The Labute approximate surface area is 111 Å². The summed E-state index contributed by atoms with van der Waals surface area (Å²) in [6.45, 7) is 0. The predicted octanol–water partition coefficient (Wildman–Crippen LogP) is 2.21. The predicted molar refractivity (Wildman–Crippen MR) is 75.6 cm³/mol. The average molecular weight is 252 g/mol. The van der Waals surface area contributed by atoms with Crippen molar-refractivity contribution in [2.24, 2.45) is 12.8 Å². The number of nitrogens with two attached hydrogens (primary N) is 1. The van der Waals surface area contributed by atoms with Crippen LogP contribution in [0, 0.1) is 0 Å². The molecule has 0 radical (unpaired) electrons. The van der Waals surface area contributed by atoms with Crippen LogP contribution in [0.15, 0.2) is 48.9 Å². The molecule has 4 heteroatoms. The zero-order valence-electron chi connectivity index (χ0n) is 10.8. The molecular weight excluding hydrogens is 236 g/mol. The molecule has 2 heterocycles. The van der Waals surface area contributed by atoms with Gasteiger partial charge in [-0.05, 0) is 17.7 Å². The molecule has 1 unspecified atom stereocenters. The van der Waals surface area contributed by atoms with Crippen LogP contribution >= 0.6 is 0 Å². The lowest BCUT2D eigenvalue weighted by atomic mass is 9.99. The molecule has 0 aliphatic heterocycles. The summed E-state index contributed by atoms with van der Waals surface area (Å²) < 4.78 is 2.00. The summed E-state index contributed by atoms with van der Waals surface area (Å²) >= 11 is 0. The van der Waals surface area contributed by atoms with E-state index in [-0.39, 0.29) is 6.04 Å². The Hall–Kier alpha value is -2.20. The van der Waals surface area contributed by atoms with Crippen molar-refractivity contribution >= 4 is 10.9 Å². The minimum absolute atomic E-state index is 0.0750. The molecule has 0 aliphatic rings. The lowest BCUT2D eigenvalue weighted by Gasteiger charge is -2.14. The van der Waals surface area contributed by atoms with Gasteiger partial charge >= 0.3 is 0 Å². The van der Waals surface area contributed by atoms with Gasteiger partial charge in [0.15, 0.2) is 0 Å². The minimum Gasteiger partial charge on any atom is -0.338 e. The van der Waals surface area contributed by atoms with Crippen LogP contribution in [0.25, 0.3) is 10.9 Å². The highest BCUT2D eigenvalue weighted by molar-refractivity contribution is 5.82. The van der Waals surface area contributed by atoms with Crippen LogP contribution in [-0.4, -0.2) is 14.5 Å². The van der Waals surface area contributed by atoms with E-state index in [2.05, 4.69) is 22.1 Å². The second kappa shape index (κ2) is 4.82. The Kier molecular flexibility index (Phi) is 3.01. The van der Waals surface area contributed by atoms with Crippen LogP contribution in [0.2, 0.25) is 0 Å². The van der Waals surface area contributed by atoms with Gasteiger partial charge in [-0.2, -0.15) is 0 Å². The lowest BCUT2D eigenvalue weighted by Crippen LogP contribution is -2.16. The van der Waals surface area contributed by atoms with Crippen molar-refractivity contribution in [3.05, 3.63) is 60.3 Å². The van der Waals surface area contributed by atoms with E-state index in [9.17, 15) is 0 Å². The lowest BCUT2D eigenvalue weighted by molar-refractivity contribution is 0.663. The van der Waals surface area contributed by atoms with Crippen molar-refractivity contribution in [1.29, 1.82) is 0 Å². The van der Waals surface area contributed by atoms with E-state index in [0.717, 1.165) is 28.7 Å². The number of aryl methyl sites for hydroxylation is 1. The second-order valence-corrected chi connectivity index (χ2v) is 4.68. The Bertz CT molecular complexity index is 697. The highest BCUT2D eigenvalue weighted by atomic mass is 15.0. The molecule has 0 amide bonds. The molecule has 4 nitrogen and oxygen atoms in total. The van der Waals surface area contributed by atoms with Gasteiger partial charge in [-0.15, -0.1) is 0 Å². The maximum atomic E-state index is 6.34. The van der Waals surface area contributed by atoms with E-state index in [1.807, 2.05) is 36.0 Å². The third kappa shape index (κ3) is 2.22. The Morgan fingerprint density at radius 3 is 2.84 bits per heavy atom. The summed E-state index contributed by atoms with van der Waals surface area (Å²) in [7, 11) is 1.99. The van der Waals surface area contributed by atoms with E-state index in [0.29, 0.717) is 0 Å². The molecular formula is C15H16N4. The number of pyridine rings is 1. The first-order chi connectivity index (χ1) is 9.25. The van der Waals surface area contributed by atoms with E-state index >= 15 is 0 Å². The smallest absolute Gasteiger partial charge is 0.110 e. The first-order valence-electron chi connectivity index (χ1n) is 6.31. The summed E-state index contributed by atoms with van der Waals surface area (Å²) in [6.07, 6.45) is 6.26. The van der Waals surface area contributed by atoms with Gasteiger partial charge in [0.2, 0.25) is 0 Å². The number of rotatable bonds is 3. The van der Waals surface area contributed by atoms with Gasteiger partial charge in [0, 0.05) is 43.5 Å². The highest BCUT2D eigenvalue weighted by Gasteiger charge is 2.13. The largest absolute Gasteiger partial charge is 0.338 e. The molecule has 0 saturated heterocycles. The van der Waals surface area contributed by atoms with Gasteiger partial charge < -0.3 is 10.3 Å². The first-order valence-corrected chi connectivity index (χ1v) is 6.31. The van der Waals surface area contributed by atoms with E-state index in [1.54, 1.807) is 12.4 Å². The van der Waals surface area contributed by atoms with Crippen LogP contribution in [0.1, 0.15) is 17.4 Å². The van der Waals surface area contributed by atoms with E-state index in [4.69, 9.17) is 5.73 Å². The molecule has 3 aromatic rings. The van der Waals surface area contributed by atoms with Gasteiger partial charge in [0.05, 0.1) is 5.52 Å². The molecule has 2 aromatic heterocycles. The van der Waals surface area contributed by atoms with Crippen molar-refractivity contribution in [2.45, 2.75) is 12.5 Å². The Morgan fingerprint density at radius 2 is 2.05 bits per heavy atom. The molecule has 0 saturated carbocycles. The van der Waals surface area contributed by atoms with Gasteiger partial charge in [0.1, 0.15) is 5.82 Å². The maximum absolute atomic E-state index is 6.34. The summed E-state index contributed by atoms with van der Waals surface area (Å²) in [4.78, 5) is 8.69. The fourth-order valence-corrected chi connectivity index (χ4v) is 2.35.